The summed E-state index contributed by atoms with van der Waals surface area (Å²) in [5.74, 6) is 1.44. The minimum Gasteiger partial charge on any atom is -0.334 e. The van der Waals surface area contributed by atoms with E-state index < -0.39 is 0 Å². The molecule has 7 heteroatoms. The zero-order chi connectivity index (χ0) is 13.6. The largest absolute Gasteiger partial charge is 0.334 e. The lowest BCUT2D eigenvalue weighted by Crippen LogP contribution is -2.44. The number of hydrogen-bond donors (Lipinski definition) is 1. The zero-order valence-corrected chi connectivity index (χ0v) is 12.8. The molecule has 20 heavy (non-hydrogen) atoms. The Morgan fingerprint density at radius 3 is 2.65 bits per heavy atom. The van der Waals surface area contributed by atoms with Crippen molar-refractivity contribution in [1.29, 1.82) is 0 Å². The summed E-state index contributed by atoms with van der Waals surface area (Å²) in [5.41, 5.74) is 7.70. The lowest BCUT2D eigenvalue weighted by molar-refractivity contribution is 0.229. The third-order valence-corrected chi connectivity index (χ3v) is 3.75. The minimum absolute atomic E-state index is 0. The van der Waals surface area contributed by atoms with Crippen molar-refractivity contribution in [3.8, 4) is 11.5 Å². The molecule has 2 heterocycles. The molecule has 0 bridgehead atoms. The molecule has 1 aliphatic carbocycles. The highest BCUT2D eigenvalue weighted by atomic mass is 35.5. The molecule has 6 nitrogen and oxygen atoms in total. The van der Waals surface area contributed by atoms with Gasteiger partial charge in [-0.25, -0.2) is 0 Å². The minimum atomic E-state index is -0.387. The molecular weight excluding hydrogens is 278 g/mol. The summed E-state index contributed by atoms with van der Waals surface area (Å²) in [6.07, 6.45) is 4.90. The van der Waals surface area contributed by atoms with Gasteiger partial charge in [0.1, 0.15) is 0 Å². The summed E-state index contributed by atoms with van der Waals surface area (Å²) >= 11 is 0. The molecule has 2 aromatic rings. The fourth-order valence-electron chi connectivity index (χ4n) is 2.41. The van der Waals surface area contributed by atoms with Crippen LogP contribution in [-0.4, -0.2) is 19.9 Å². The van der Waals surface area contributed by atoms with Crippen molar-refractivity contribution in [3.63, 3.8) is 0 Å². The van der Waals surface area contributed by atoms with Crippen LogP contribution in [0, 0.1) is 0 Å². The van der Waals surface area contributed by atoms with Crippen molar-refractivity contribution in [2.45, 2.75) is 44.6 Å². The van der Waals surface area contributed by atoms with Crippen molar-refractivity contribution in [2.24, 2.45) is 12.8 Å². The zero-order valence-electron chi connectivity index (χ0n) is 12.0. The van der Waals surface area contributed by atoms with Crippen LogP contribution in [-0.2, 0) is 12.6 Å². The number of nitrogens with zero attached hydrogens (tertiary/aromatic N) is 4. The number of hydrogen-bond acceptors (Lipinski definition) is 5. The van der Waals surface area contributed by atoms with Gasteiger partial charge in [0.2, 0.25) is 0 Å². The Hall–Kier alpha value is -1.40. The van der Waals surface area contributed by atoms with Gasteiger partial charge < -0.3 is 10.3 Å². The second-order valence-electron chi connectivity index (χ2n) is 5.69. The van der Waals surface area contributed by atoms with Gasteiger partial charge in [0.25, 0.3) is 5.89 Å². The second kappa shape index (κ2) is 5.18. The number of nitrogens with two attached hydrogens (primary N) is 1. The Morgan fingerprint density at radius 1 is 1.40 bits per heavy atom. The summed E-state index contributed by atoms with van der Waals surface area (Å²) < 4.78 is 7.16. The summed E-state index contributed by atoms with van der Waals surface area (Å²) in [4.78, 5) is 4.47. The molecule has 1 aliphatic rings. The van der Waals surface area contributed by atoms with Crippen molar-refractivity contribution < 1.29 is 4.52 Å². The predicted octanol–water partition coefficient (Wildman–Crippen LogP) is 2.35. The highest BCUT2D eigenvalue weighted by molar-refractivity contribution is 5.85. The van der Waals surface area contributed by atoms with E-state index in [4.69, 9.17) is 10.3 Å². The first-order valence-corrected chi connectivity index (χ1v) is 6.66. The number of rotatable bonds is 3. The Labute approximate surface area is 124 Å². The van der Waals surface area contributed by atoms with Gasteiger partial charge >= 0.3 is 0 Å². The molecule has 0 radical (unpaired) electrons. The SMILES string of the molecule is CC(C)c1nn(C)cc1-c1nc(C2(N)CCC2)no1.Cl. The Balaban J connectivity index is 0.00000147. The van der Waals surface area contributed by atoms with E-state index in [-0.39, 0.29) is 17.9 Å². The van der Waals surface area contributed by atoms with E-state index >= 15 is 0 Å². The van der Waals surface area contributed by atoms with E-state index in [1.165, 1.54) is 0 Å². The van der Waals surface area contributed by atoms with E-state index in [9.17, 15) is 0 Å². The standard InChI is InChI=1S/C13H19N5O.ClH/c1-8(2)10-9(7-18(3)16-10)11-15-12(17-19-11)13(14)5-4-6-13;/h7-8H,4-6,14H2,1-3H3;1H. The second-order valence-corrected chi connectivity index (χ2v) is 5.69. The lowest BCUT2D eigenvalue weighted by Gasteiger charge is -2.34. The molecule has 3 rings (SSSR count). The molecule has 0 aromatic carbocycles. The van der Waals surface area contributed by atoms with E-state index in [0.717, 1.165) is 30.5 Å². The van der Waals surface area contributed by atoms with Crippen LogP contribution < -0.4 is 5.73 Å². The molecule has 2 N–H and O–H groups in total. The smallest absolute Gasteiger partial charge is 0.261 e. The average Bonchev–Trinajstić information content (AvgIpc) is 2.91. The van der Waals surface area contributed by atoms with Crippen LogP contribution in [0.3, 0.4) is 0 Å². The average molecular weight is 298 g/mol. The molecule has 0 aliphatic heterocycles. The fraction of sp³-hybridized carbons (Fsp3) is 0.615. The van der Waals surface area contributed by atoms with Gasteiger partial charge in [0, 0.05) is 13.2 Å². The molecule has 0 amide bonds. The third-order valence-electron chi connectivity index (χ3n) is 3.75. The first kappa shape index (κ1) is 15.0. The number of halogens is 1. The van der Waals surface area contributed by atoms with Gasteiger partial charge in [-0.05, 0) is 25.2 Å². The van der Waals surface area contributed by atoms with E-state index in [0.29, 0.717) is 17.6 Å². The van der Waals surface area contributed by atoms with Crippen LogP contribution >= 0.6 is 12.4 Å². The van der Waals surface area contributed by atoms with Crippen molar-refractivity contribution in [2.75, 3.05) is 0 Å². The number of aryl methyl sites for hydroxylation is 1. The normalized spacial score (nSPS) is 16.9. The first-order valence-electron chi connectivity index (χ1n) is 6.66. The van der Waals surface area contributed by atoms with Gasteiger partial charge in [-0.2, -0.15) is 10.1 Å². The molecule has 2 aromatic heterocycles. The highest BCUT2D eigenvalue weighted by Crippen LogP contribution is 2.38. The van der Waals surface area contributed by atoms with Gasteiger partial charge in [-0.3, -0.25) is 4.68 Å². The maximum Gasteiger partial charge on any atom is 0.261 e. The van der Waals surface area contributed by atoms with E-state index in [1.54, 1.807) is 4.68 Å². The van der Waals surface area contributed by atoms with Crippen molar-refractivity contribution in [1.82, 2.24) is 19.9 Å². The lowest BCUT2D eigenvalue weighted by atomic mass is 9.77. The van der Waals surface area contributed by atoms with Crippen molar-refractivity contribution >= 4 is 12.4 Å². The highest BCUT2D eigenvalue weighted by Gasteiger charge is 2.39. The Morgan fingerprint density at radius 2 is 2.10 bits per heavy atom. The quantitative estimate of drug-likeness (QED) is 0.940. The molecule has 0 saturated heterocycles. The van der Waals surface area contributed by atoms with E-state index in [2.05, 4.69) is 29.1 Å². The Bertz CT molecular complexity index is 600. The molecule has 110 valence electrons. The van der Waals surface area contributed by atoms with Crippen LogP contribution in [0.5, 0.6) is 0 Å². The van der Waals surface area contributed by atoms with Gasteiger partial charge in [0.05, 0.1) is 16.8 Å². The van der Waals surface area contributed by atoms with Crippen LogP contribution in [0.2, 0.25) is 0 Å². The summed E-state index contributed by atoms with van der Waals surface area (Å²) in [5, 5.41) is 8.50. The molecule has 1 saturated carbocycles. The molecule has 0 atom stereocenters. The van der Waals surface area contributed by atoms with Gasteiger partial charge in [-0.15, -0.1) is 12.4 Å². The van der Waals surface area contributed by atoms with Crippen LogP contribution in [0.1, 0.15) is 50.5 Å². The molecule has 1 fully saturated rings. The van der Waals surface area contributed by atoms with Crippen LogP contribution in [0.4, 0.5) is 0 Å². The topological polar surface area (TPSA) is 82.8 Å². The van der Waals surface area contributed by atoms with Crippen LogP contribution in [0.25, 0.3) is 11.5 Å². The summed E-state index contributed by atoms with van der Waals surface area (Å²) in [6, 6.07) is 0. The fourth-order valence-corrected chi connectivity index (χ4v) is 2.41. The molecule has 0 unspecified atom stereocenters. The molecule has 0 spiro atoms. The van der Waals surface area contributed by atoms with Gasteiger partial charge in [-0.1, -0.05) is 19.0 Å². The van der Waals surface area contributed by atoms with Crippen molar-refractivity contribution in [3.05, 3.63) is 17.7 Å². The first-order chi connectivity index (χ1) is 8.99. The maximum atomic E-state index is 6.21. The molecular formula is C13H20ClN5O. The summed E-state index contributed by atoms with van der Waals surface area (Å²) in [6.45, 7) is 4.19. The summed E-state index contributed by atoms with van der Waals surface area (Å²) in [7, 11) is 1.89. The van der Waals surface area contributed by atoms with Crippen LogP contribution in [0.15, 0.2) is 10.7 Å². The third kappa shape index (κ3) is 2.33. The predicted molar refractivity (Wildman–Crippen MR) is 77.6 cm³/mol. The van der Waals surface area contributed by atoms with E-state index in [1.807, 2.05) is 13.2 Å². The number of aromatic nitrogens is 4. The monoisotopic (exact) mass is 297 g/mol. The maximum absolute atomic E-state index is 6.21. The van der Waals surface area contributed by atoms with Gasteiger partial charge in [0.15, 0.2) is 5.82 Å². The Kier molecular flexibility index (Phi) is 3.88.